The third kappa shape index (κ3) is 7.44. The Labute approximate surface area is 286 Å². The molecule has 2 fully saturated rings. The Morgan fingerprint density at radius 1 is 0.958 bits per heavy atom. The van der Waals surface area contributed by atoms with Gasteiger partial charge in [-0.3, -0.25) is 4.79 Å². The van der Waals surface area contributed by atoms with Crippen molar-refractivity contribution in [2.75, 3.05) is 18.4 Å². The highest BCUT2D eigenvalue weighted by Gasteiger charge is 2.33. The topological polar surface area (TPSA) is 136 Å². The van der Waals surface area contributed by atoms with Crippen LogP contribution in [0.5, 0.6) is 0 Å². The van der Waals surface area contributed by atoms with Crippen LogP contribution in [0.1, 0.15) is 59.3 Å². The van der Waals surface area contributed by atoms with Crippen molar-refractivity contribution in [2.45, 2.75) is 81.9 Å². The Balaban J connectivity index is 1.10. The first-order chi connectivity index (χ1) is 22.9. The largest absolute Gasteiger partial charge is 0.444 e. The van der Waals surface area contributed by atoms with E-state index in [1.807, 2.05) is 32.9 Å². The molecular formula is C35H41ClN6O5S. The number of ether oxygens (including phenoxy) is 1. The molecule has 48 heavy (non-hydrogen) atoms. The van der Waals surface area contributed by atoms with Gasteiger partial charge >= 0.3 is 6.09 Å². The van der Waals surface area contributed by atoms with Crippen molar-refractivity contribution >= 4 is 50.5 Å². The van der Waals surface area contributed by atoms with Gasteiger partial charge in [0.1, 0.15) is 5.60 Å². The highest BCUT2D eigenvalue weighted by atomic mass is 35.5. The molecule has 2 aliphatic rings. The molecule has 254 valence electrons. The SMILES string of the molecule is CC(C)(C)OC(=O)N1CCCC(C(=O)N[C@H]2CC[C@H](Nc3ncc(Cl)c(-c4cn(S(=O)(=O)c5ccccc5)c5ccccc45)n3)CC2)C1. The van der Waals surface area contributed by atoms with Crippen molar-refractivity contribution < 1.29 is 22.7 Å². The molecule has 2 aromatic heterocycles. The first kappa shape index (κ1) is 33.7. The minimum atomic E-state index is -3.87. The number of halogens is 1. The van der Waals surface area contributed by atoms with E-state index in [0.717, 1.165) is 38.5 Å². The Bertz CT molecular complexity index is 1900. The molecule has 1 saturated carbocycles. The lowest BCUT2D eigenvalue weighted by Crippen LogP contribution is -2.49. The predicted octanol–water partition coefficient (Wildman–Crippen LogP) is 6.48. The average Bonchev–Trinajstić information content (AvgIpc) is 3.47. The van der Waals surface area contributed by atoms with Crippen LogP contribution in [0.3, 0.4) is 0 Å². The first-order valence-electron chi connectivity index (χ1n) is 16.4. The number of hydrogen-bond acceptors (Lipinski definition) is 8. The van der Waals surface area contributed by atoms with Crippen LogP contribution in [0.25, 0.3) is 22.2 Å². The fourth-order valence-electron chi connectivity index (χ4n) is 6.44. The molecule has 2 N–H and O–H groups in total. The van der Waals surface area contributed by atoms with E-state index >= 15 is 0 Å². The van der Waals surface area contributed by atoms with Gasteiger partial charge in [0.25, 0.3) is 10.0 Å². The van der Waals surface area contributed by atoms with Gasteiger partial charge in [0, 0.05) is 42.3 Å². The normalized spacial score (nSPS) is 20.3. The van der Waals surface area contributed by atoms with Gasteiger partial charge in [-0.15, -0.1) is 0 Å². The minimum absolute atomic E-state index is 0.0150. The van der Waals surface area contributed by atoms with E-state index in [2.05, 4.69) is 15.6 Å². The predicted molar refractivity (Wildman–Crippen MR) is 185 cm³/mol. The van der Waals surface area contributed by atoms with Gasteiger partial charge in [-0.25, -0.2) is 27.2 Å². The van der Waals surface area contributed by atoms with Crippen LogP contribution >= 0.6 is 11.6 Å². The van der Waals surface area contributed by atoms with Crippen LogP contribution in [0, 0.1) is 5.92 Å². The molecule has 0 radical (unpaired) electrons. The fourth-order valence-corrected chi connectivity index (χ4v) is 8.02. The van der Waals surface area contributed by atoms with Gasteiger partial charge in [0.15, 0.2) is 0 Å². The molecule has 1 atom stereocenters. The highest BCUT2D eigenvalue weighted by Crippen LogP contribution is 2.36. The number of benzene rings is 2. The number of likely N-dealkylation sites (tertiary alicyclic amines) is 1. The van der Waals surface area contributed by atoms with Gasteiger partial charge in [-0.2, -0.15) is 0 Å². The van der Waals surface area contributed by atoms with Crippen molar-refractivity contribution in [3.05, 3.63) is 72.0 Å². The molecule has 1 aliphatic carbocycles. The van der Waals surface area contributed by atoms with E-state index in [1.165, 1.54) is 10.2 Å². The monoisotopic (exact) mass is 692 g/mol. The van der Waals surface area contributed by atoms with Crippen LogP contribution in [0.2, 0.25) is 5.02 Å². The summed E-state index contributed by atoms with van der Waals surface area (Å²) in [6.07, 6.45) is 7.41. The molecule has 4 aromatic rings. The van der Waals surface area contributed by atoms with Gasteiger partial charge in [-0.1, -0.05) is 48.0 Å². The summed E-state index contributed by atoms with van der Waals surface area (Å²) in [6.45, 7) is 6.47. The summed E-state index contributed by atoms with van der Waals surface area (Å²) >= 11 is 6.62. The molecule has 0 spiro atoms. The second-order valence-electron chi connectivity index (χ2n) is 13.5. The van der Waals surface area contributed by atoms with Crippen LogP contribution in [0.15, 0.2) is 71.9 Å². The number of nitrogens with one attached hydrogen (secondary N) is 2. The van der Waals surface area contributed by atoms with E-state index < -0.39 is 15.6 Å². The summed E-state index contributed by atoms with van der Waals surface area (Å²) in [5.74, 6) is 0.129. The van der Waals surface area contributed by atoms with Gasteiger partial charge < -0.3 is 20.3 Å². The van der Waals surface area contributed by atoms with E-state index in [1.54, 1.807) is 53.6 Å². The summed E-state index contributed by atoms with van der Waals surface area (Å²) in [6, 6.07) is 15.7. The van der Waals surface area contributed by atoms with E-state index in [0.29, 0.717) is 46.2 Å². The van der Waals surface area contributed by atoms with Crippen molar-refractivity contribution in [1.29, 1.82) is 0 Å². The molecule has 1 unspecified atom stereocenters. The zero-order valence-electron chi connectivity index (χ0n) is 27.4. The molecule has 3 heterocycles. The van der Waals surface area contributed by atoms with Crippen molar-refractivity contribution in [1.82, 2.24) is 24.2 Å². The number of carbonyl (C=O) groups excluding carboxylic acids is 2. The second-order valence-corrected chi connectivity index (χ2v) is 15.8. The third-order valence-corrected chi connectivity index (χ3v) is 10.8. The van der Waals surface area contributed by atoms with Gasteiger partial charge in [-0.05, 0) is 77.5 Å². The van der Waals surface area contributed by atoms with E-state index in [-0.39, 0.29) is 34.9 Å². The Hall–Kier alpha value is -4.16. The van der Waals surface area contributed by atoms with Crippen LogP contribution < -0.4 is 10.6 Å². The number of rotatable bonds is 7. The zero-order chi connectivity index (χ0) is 34.1. The lowest BCUT2D eigenvalue weighted by atomic mass is 9.90. The van der Waals surface area contributed by atoms with Gasteiger partial charge in [0.2, 0.25) is 11.9 Å². The van der Waals surface area contributed by atoms with E-state index in [9.17, 15) is 18.0 Å². The molecule has 11 nitrogen and oxygen atoms in total. The van der Waals surface area contributed by atoms with Crippen molar-refractivity contribution in [3.63, 3.8) is 0 Å². The maximum absolute atomic E-state index is 13.6. The summed E-state index contributed by atoms with van der Waals surface area (Å²) in [5, 5.41) is 7.65. The maximum atomic E-state index is 13.6. The molecule has 6 rings (SSSR count). The average molecular weight is 693 g/mol. The fraction of sp³-hybridized carbons (Fsp3) is 0.429. The standard InChI is InChI=1S/C35H41ClN6O5S/c1-35(2,3)47-34(44)41-19-9-10-23(21-41)32(43)38-24-15-17-25(18-16-24)39-33-37-20-29(36)31(40-33)28-22-42(30-14-8-7-13-27(28)30)48(45,46)26-11-5-4-6-12-26/h4-8,11-14,20,22-25H,9-10,15-19,21H2,1-3H3,(H,38,43)(H,37,39,40)/t23?,24-,25-. The molecular weight excluding hydrogens is 652 g/mol. The summed E-state index contributed by atoms with van der Waals surface area (Å²) in [7, 11) is -3.87. The smallest absolute Gasteiger partial charge is 0.410 e. The summed E-state index contributed by atoms with van der Waals surface area (Å²) in [5.41, 5.74) is 0.955. The lowest BCUT2D eigenvalue weighted by molar-refractivity contribution is -0.127. The number of para-hydroxylation sites is 1. The lowest BCUT2D eigenvalue weighted by Gasteiger charge is -2.35. The number of anilines is 1. The molecule has 1 aliphatic heterocycles. The Morgan fingerprint density at radius 2 is 1.65 bits per heavy atom. The number of carbonyl (C=O) groups is 2. The number of hydrogen-bond donors (Lipinski definition) is 2. The quantitative estimate of drug-likeness (QED) is 0.225. The highest BCUT2D eigenvalue weighted by molar-refractivity contribution is 7.90. The first-order valence-corrected chi connectivity index (χ1v) is 18.2. The van der Waals surface area contributed by atoms with Crippen molar-refractivity contribution in [3.8, 4) is 11.3 Å². The summed E-state index contributed by atoms with van der Waals surface area (Å²) in [4.78, 5) is 36.7. The van der Waals surface area contributed by atoms with Crippen LogP contribution in [-0.4, -0.2) is 70.0 Å². The maximum Gasteiger partial charge on any atom is 0.410 e. The zero-order valence-corrected chi connectivity index (χ0v) is 28.9. The molecule has 1 saturated heterocycles. The number of nitrogens with zero attached hydrogens (tertiary/aromatic N) is 4. The third-order valence-electron chi connectivity index (χ3n) is 8.83. The van der Waals surface area contributed by atoms with E-state index in [4.69, 9.17) is 21.3 Å². The number of amides is 2. The number of piperidine rings is 1. The second kappa shape index (κ2) is 13.8. The number of aromatic nitrogens is 3. The minimum Gasteiger partial charge on any atom is -0.444 e. The van der Waals surface area contributed by atoms with Crippen molar-refractivity contribution in [2.24, 2.45) is 5.92 Å². The van der Waals surface area contributed by atoms with Crippen LogP contribution in [0.4, 0.5) is 10.7 Å². The molecule has 2 aromatic carbocycles. The molecule has 0 bridgehead atoms. The van der Waals surface area contributed by atoms with Gasteiger partial charge in [0.05, 0.1) is 33.2 Å². The Kier molecular flexibility index (Phi) is 9.67. The molecule has 2 amide bonds. The number of fused-ring (bicyclic) bond motifs is 1. The van der Waals surface area contributed by atoms with Crippen LogP contribution in [-0.2, 0) is 19.6 Å². The summed E-state index contributed by atoms with van der Waals surface area (Å²) < 4.78 is 34.0. The Morgan fingerprint density at radius 3 is 2.38 bits per heavy atom. The molecule has 13 heteroatoms.